The van der Waals surface area contributed by atoms with E-state index < -0.39 is 28.5 Å². The van der Waals surface area contributed by atoms with Crippen LogP contribution in [0.2, 0.25) is 0 Å². The maximum Gasteiger partial charge on any atom is 0.165 e. The third kappa shape index (κ3) is 2.72. The Morgan fingerprint density at radius 1 is 1.31 bits per heavy atom. The second-order valence-electron chi connectivity index (χ2n) is 7.88. The number of ether oxygens (including phenoxy) is 1. The minimum absolute atomic E-state index is 0.266. The van der Waals surface area contributed by atoms with Crippen molar-refractivity contribution in [3.63, 3.8) is 0 Å². The first-order valence-electron chi connectivity index (χ1n) is 10.3. The number of rotatable bonds is 3. The molecule has 0 saturated carbocycles. The molecule has 2 aromatic heterocycles. The van der Waals surface area contributed by atoms with Crippen LogP contribution in [0.3, 0.4) is 0 Å². The molecule has 3 aliphatic rings. The predicted molar refractivity (Wildman–Crippen MR) is 111 cm³/mol. The molecule has 2 unspecified atom stereocenters. The van der Waals surface area contributed by atoms with E-state index in [-0.39, 0.29) is 5.56 Å². The predicted octanol–water partition coefficient (Wildman–Crippen LogP) is 3.69. The number of benzene rings is 1. The van der Waals surface area contributed by atoms with Crippen molar-refractivity contribution in [3.8, 4) is 5.69 Å². The molecule has 0 radical (unpaired) electrons. The quantitative estimate of drug-likeness (QED) is 0.555. The first-order valence-corrected chi connectivity index (χ1v) is 11.1. The molecule has 1 fully saturated rings. The van der Waals surface area contributed by atoms with Gasteiger partial charge in [0.15, 0.2) is 11.6 Å². The van der Waals surface area contributed by atoms with Gasteiger partial charge >= 0.3 is 0 Å². The first-order chi connectivity index (χ1) is 15.6. The fourth-order valence-corrected chi connectivity index (χ4v) is 5.43. The van der Waals surface area contributed by atoms with Crippen LogP contribution in [0, 0.1) is 11.6 Å². The van der Waals surface area contributed by atoms with Crippen LogP contribution in [0.25, 0.3) is 5.69 Å². The summed E-state index contributed by atoms with van der Waals surface area (Å²) in [6, 6.07) is 2.83. The van der Waals surface area contributed by atoms with Gasteiger partial charge in [-0.3, -0.25) is 4.57 Å². The molecule has 6 rings (SSSR count). The third-order valence-corrected chi connectivity index (χ3v) is 7.19. The van der Waals surface area contributed by atoms with Gasteiger partial charge in [-0.05, 0) is 12.5 Å². The second-order valence-corrected chi connectivity index (χ2v) is 8.77. The Kier molecular flexibility index (Phi) is 4.47. The Hall–Kier alpha value is -2.99. The zero-order valence-corrected chi connectivity index (χ0v) is 17.8. The highest BCUT2D eigenvalue weighted by Crippen LogP contribution is 2.50. The average molecular weight is 456 g/mol. The molecule has 0 amide bonds. The van der Waals surface area contributed by atoms with Crippen molar-refractivity contribution in [2.45, 2.75) is 30.2 Å². The Morgan fingerprint density at radius 3 is 3.06 bits per heavy atom. The Bertz CT molecular complexity index is 1240. The summed E-state index contributed by atoms with van der Waals surface area (Å²) in [6.07, 6.45) is 4.15. The van der Waals surface area contributed by atoms with Crippen LogP contribution in [0.5, 0.6) is 0 Å². The molecular formula is C20H18F2N8OS. The monoisotopic (exact) mass is 456 g/mol. The molecule has 9 nitrogen and oxygen atoms in total. The van der Waals surface area contributed by atoms with Crippen LogP contribution in [-0.4, -0.2) is 44.5 Å². The van der Waals surface area contributed by atoms with E-state index in [2.05, 4.69) is 36.6 Å². The van der Waals surface area contributed by atoms with E-state index in [1.54, 1.807) is 12.5 Å². The zero-order chi connectivity index (χ0) is 21.9. The van der Waals surface area contributed by atoms with Gasteiger partial charge in [0.2, 0.25) is 0 Å². The van der Waals surface area contributed by atoms with Crippen molar-refractivity contribution in [2.75, 3.05) is 24.7 Å². The summed E-state index contributed by atoms with van der Waals surface area (Å²) < 4.78 is 39.7. The Labute approximate surface area is 186 Å². The van der Waals surface area contributed by atoms with Crippen molar-refractivity contribution in [3.05, 3.63) is 59.6 Å². The van der Waals surface area contributed by atoms with E-state index in [0.717, 1.165) is 29.8 Å². The van der Waals surface area contributed by atoms with Crippen LogP contribution < -0.4 is 4.90 Å². The van der Waals surface area contributed by atoms with E-state index in [4.69, 9.17) is 9.72 Å². The number of fused-ring (bicyclic) bond motifs is 6. The molecule has 5 heterocycles. The fraction of sp³-hybridized carbons (Fsp3) is 0.400. The van der Waals surface area contributed by atoms with Gasteiger partial charge in [-0.25, -0.2) is 18.7 Å². The van der Waals surface area contributed by atoms with Gasteiger partial charge < -0.3 is 9.64 Å². The number of morpholine rings is 1. The van der Waals surface area contributed by atoms with Gasteiger partial charge in [-0.2, -0.15) is 5.11 Å². The molecule has 0 bridgehead atoms. The summed E-state index contributed by atoms with van der Waals surface area (Å²) in [6.45, 7) is 3.78. The lowest BCUT2D eigenvalue weighted by atomic mass is 9.90. The summed E-state index contributed by atoms with van der Waals surface area (Å²) in [5.74, 6) is 0.740. The smallest absolute Gasteiger partial charge is 0.165 e. The molecule has 32 heavy (non-hydrogen) atoms. The molecule has 3 atom stereocenters. The molecule has 1 saturated heterocycles. The number of nitrogens with zero attached hydrogens (tertiary/aromatic N) is 8. The maximum absolute atomic E-state index is 14.5. The lowest BCUT2D eigenvalue weighted by molar-refractivity contribution is 0.0390. The van der Waals surface area contributed by atoms with Crippen molar-refractivity contribution in [2.24, 2.45) is 9.63 Å². The molecule has 1 aromatic carbocycles. The van der Waals surface area contributed by atoms with Crippen LogP contribution in [-0.2, 0) is 10.3 Å². The van der Waals surface area contributed by atoms with Gasteiger partial charge in [0.05, 0.1) is 19.4 Å². The summed E-state index contributed by atoms with van der Waals surface area (Å²) in [7, 11) is 0. The zero-order valence-electron chi connectivity index (χ0n) is 17.0. The standard InChI is InChI=1S/C20H18F2N8OS/c1-2-20-9-31-6-5-30(20)18-14(29-10-24-27-19(20)29)8-23-17(25-18)16-15(26-28-32-16)12-4-3-11(21)7-13(12)22/h3-4,7-8,10,15-16H,2,5-6,9H2,1H3/t15?,16?,20-/m0/s1. The SMILES string of the molecule is CC[C@@]12COCCN1c1nc(C3SN=NC3c3ccc(F)cc3F)ncc1-n1cnnc12. The van der Waals surface area contributed by atoms with Gasteiger partial charge in [0.25, 0.3) is 0 Å². The largest absolute Gasteiger partial charge is 0.377 e. The molecule has 0 spiro atoms. The highest BCUT2D eigenvalue weighted by atomic mass is 32.2. The highest BCUT2D eigenvalue weighted by Gasteiger charge is 2.49. The normalized spacial score (nSPS) is 26.0. The van der Waals surface area contributed by atoms with Gasteiger partial charge in [-0.15, -0.1) is 14.7 Å². The van der Waals surface area contributed by atoms with Crippen molar-refractivity contribution < 1.29 is 13.5 Å². The van der Waals surface area contributed by atoms with E-state index in [1.165, 1.54) is 24.1 Å². The first kappa shape index (κ1) is 19.7. The average Bonchev–Trinajstić information content (AvgIpc) is 3.49. The summed E-state index contributed by atoms with van der Waals surface area (Å²) in [5, 5.41) is 12.3. The Balaban J connectivity index is 1.45. The number of anilines is 1. The topological polar surface area (TPSA) is 93.7 Å². The molecular weight excluding hydrogens is 438 g/mol. The van der Waals surface area contributed by atoms with E-state index >= 15 is 0 Å². The summed E-state index contributed by atoms with van der Waals surface area (Å²) in [4.78, 5) is 11.7. The summed E-state index contributed by atoms with van der Waals surface area (Å²) in [5.41, 5.74) is 0.566. The minimum Gasteiger partial charge on any atom is -0.377 e. The fourth-order valence-electron chi connectivity index (χ4n) is 4.65. The van der Waals surface area contributed by atoms with Crippen LogP contribution >= 0.6 is 11.9 Å². The summed E-state index contributed by atoms with van der Waals surface area (Å²) >= 11 is 1.18. The second kappa shape index (κ2) is 7.27. The Morgan fingerprint density at radius 2 is 2.22 bits per heavy atom. The molecule has 12 heteroatoms. The minimum atomic E-state index is -0.660. The van der Waals surface area contributed by atoms with Crippen molar-refractivity contribution >= 4 is 17.8 Å². The molecule has 3 aromatic rings. The number of hydrogen-bond donors (Lipinski definition) is 0. The molecule has 3 aliphatic heterocycles. The van der Waals surface area contributed by atoms with E-state index in [0.29, 0.717) is 25.6 Å². The van der Waals surface area contributed by atoms with Crippen LogP contribution in [0.4, 0.5) is 14.6 Å². The van der Waals surface area contributed by atoms with E-state index in [1.807, 2.05) is 4.57 Å². The third-order valence-electron chi connectivity index (χ3n) is 6.30. The maximum atomic E-state index is 14.5. The van der Waals surface area contributed by atoms with Crippen LogP contribution in [0.1, 0.15) is 41.8 Å². The lowest BCUT2D eigenvalue weighted by Crippen LogP contribution is -2.58. The van der Waals surface area contributed by atoms with Crippen molar-refractivity contribution in [1.82, 2.24) is 24.7 Å². The molecule has 164 valence electrons. The van der Waals surface area contributed by atoms with Crippen molar-refractivity contribution in [1.29, 1.82) is 0 Å². The number of hydrogen-bond acceptors (Lipinski definition) is 9. The van der Waals surface area contributed by atoms with Gasteiger partial charge in [0.1, 0.15) is 46.3 Å². The van der Waals surface area contributed by atoms with Gasteiger partial charge in [-0.1, -0.05) is 13.0 Å². The highest BCUT2D eigenvalue weighted by molar-refractivity contribution is 7.98. The van der Waals surface area contributed by atoms with E-state index in [9.17, 15) is 8.78 Å². The number of aromatic nitrogens is 5. The molecule has 0 aliphatic carbocycles. The molecule has 0 N–H and O–H groups in total. The number of halogens is 2. The lowest BCUT2D eigenvalue weighted by Gasteiger charge is -2.49. The van der Waals surface area contributed by atoms with Crippen LogP contribution in [0.15, 0.2) is 40.4 Å². The van der Waals surface area contributed by atoms with Gasteiger partial charge in [0, 0.05) is 30.1 Å².